The van der Waals surface area contributed by atoms with Crippen molar-refractivity contribution < 1.29 is 9.47 Å². The molecule has 0 aliphatic heterocycles. The van der Waals surface area contributed by atoms with Gasteiger partial charge in [0.2, 0.25) is 0 Å². The Morgan fingerprint density at radius 1 is 0.826 bits per heavy atom. The highest BCUT2D eigenvalue weighted by atomic mass is 16.7. The van der Waals surface area contributed by atoms with E-state index in [9.17, 15) is 0 Å². The van der Waals surface area contributed by atoms with E-state index in [4.69, 9.17) is 15.2 Å². The summed E-state index contributed by atoms with van der Waals surface area (Å²) in [4.78, 5) is 0. The molecule has 0 saturated carbocycles. The second-order valence-corrected chi connectivity index (χ2v) is 5.56. The Labute approximate surface area is 139 Å². The van der Waals surface area contributed by atoms with E-state index in [1.165, 1.54) is 11.1 Å². The van der Waals surface area contributed by atoms with E-state index in [2.05, 4.69) is 48.5 Å². The van der Waals surface area contributed by atoms with E-state index in [1.54, 1.807) is 0 Å². The molecule has 0 fully saturated rings. The largest absolute Gasteiger partial charge is 0.353 e. The van der Waals surface area contributed by atoms with Crippen molar-refractivity contribution in [1.82, 2.24) is 0 Å². The molecular weight excluding hydrogens is 286 g/mol. The Hall–Kier alpha value is -1.68. The first-order chi connectivity index (χ1) is 11.3. The van der Waals surface area contributed by atoms with Crippen LogP contribution in [0.1, 0.15) is 31.4 Å². The first-order valence-corrected chi connectivity index (χ1v) is 8.31. The minimum Gasteiger partial charge on any atom is -0.353 e. The SMILES string of the molecule is CCOC(CC(CN)(c1ccccc1)c1ccccc1)OCC. The number of nitrogens with two attached hydrogens (primary N) is 1. The van der Waals surface area contributed by atoms with Crippen LogP contribution in [-0.4, -0.2) is 26.0 Å². The smallest absolute Gasteiger partial charge is 0.158 e. The number of hydrogen-bond donors (Lipinski definition) is 1. The average Bonchev–Trinajstić information content (AvgIpc) is 2.61. The summed E-state index contributed by atoms with van der Waals surface area (Å²) in [5.41, 5.74) is 8.36. The van der Waals surface area contributed by atoms with Crippen molar-refractivity contribution in [2.24, 2.45) is 5.73 Å². The van der Waals surface area contributed by atoms with Crippen LogP contribution in [-0.2, 0) is 14.9 Å². The molecule has 0 heterocycles. The minimum atomic E-state index is -0.322. The van der Waals surface area contributed by atoms with Crippen LogP contribution in [0.2, 0.25) is 0 Å². The molecule has 2 aromatic rings. The van der Waals surface area contributed by atoms with E-state index < -0.39 is 0 Å². The number of hydrogen-bond acceptors (Lipinski definition) is 3. The van der Waals surface area contributed by atoms with Gasteiger partial charge in [0.15, 0.2) is 6.29 Å². The molecule has 2 N–H and O–H groups in total. The molecule has 0 atom stereocenters. The van der Waals surface area contributed by atoms with Crippen molar-refractivity contribution in [3.63, 3.8) is 0 Å². The zero-order chi connectivity index (χ0) is 16.5. The molecule has 0 unspecified atom stereocenters. The standard InChI is InChI=1S/C20H27NO2/c1-3-22-19(23-4-2)15-20(16-21,17-11-7-5-8-12-17)18-13-9-6-10-14-18/h5-14,19H,3-4,15-16,21H2,1-2H3. The molecule has 3 heteroatoms. The normalized spacial score (nSPS) is 11.8. The van der Waals surface area contributed by atoms with Crippen molar-refractivity contribution in [2.75, 3.05) is 19.8 Å². The molecule has 0 spiro atoms. The van der Waals surface area contributed by atoms with Gasteiger partial charge in [-0.2, -0.15) is 0 Å². The topological polar surface area (TPSA) is 44.5 Å². The van der Waals surface area contributed by atoms with Gasteiger partial charge in [0.25, 0.3) is 0 Å². The van der Waals surface area contributed by atoms with Gasteiger partial charge in [0.1, 0.15) is 0 Å². The maximum absolute atomic E-state index is 6.30. The summed E-state index contributed by atoms with van der Waals surface area (Å²) < 4.78 is 11.6. The predicted molar refractivity (Wildman–Crippen MR) is 94.4 cm³/mol. The van der Waals surface area contributed by atoms with Gasteiger partial charge in [-0.15, -0.1) is 0 Å². The number of benzene rings is 2. The summed E-state index contributed by atoms with van der Waals surface area (Å²) in [6.07, 6.45) is 0.424. The molecule has 0 aromatic heterocycles. The molecule has 0 saturated heterocycles. The van der Waals surface area contributed by atoms with Crippen LogP contribution in [0.5, 0.6) is 0 Å². The first kappa shape index (κ1) is 17.7. The molecule has 2 aromatic carbocycles. The molecule has 23 heavy (non-hydrogen) atoms. The van der Waals surface area contributed by atoms with E-state index in [0.717, 1.165) is 0 Å². The summed E-state index contributed by atoms with van der Waals surface area (Å²) in [6.45, 7) is 5.71. The molecule has 0 radical (unpaired) electrons. The lowest BCUT2D eigenvalue weighted by Gasteiger charge is -2.36. The van der Waals surface area contributed by atoms with Crippen LogP contribution in [0, 0.1) is 0 Å². The van der Waals surface area contributed by atoms with Gasteiger partial charge in [0, 0.05) is 31.6 Å². The lowest BCUT2D eigenvalue weighted by molar-refractivity contribution is -0.146. The van der Waals surface area contributed by atoms with Crippen LogP contribution in [0.15, 0.2) is 60.7 Å². The summed E-state index contributed by atoms with van der Waals surface area (Å²) in [6, 6.07) is 20.8. The number of rotatable bonds is 9. The Balaban J connectivity index is 2.45. The fourth-order valence-corrected chi connectivity index (χ4v) is 3.06. The third-order valence-electron chi connectivity index (χ3n) is 4.22. The monoisotopic (exact) mass is 313 g/mol. The molecule has 124 valence electrons. The fourth-order valence-electron chi connectivity index (χ4n) is 3.06. The van der Waals surface area contributed by atoms with Gasteiger partial charge in [-0.3, -0.25) is 0 Å². The van der Waals surface area contributed by atoms with Gasteiger partial charge in [-0.1, -0.05) is 60.7 Å². The van der Waals surface area contributed by atoms with Crippen molar-refractivity contribution in [2.45, 2.75) is 32.0 Å². The summed E-state index contributed by atoms with van der Waals surface area (Å²) in [5, 5.41) is 0. The number of ether oxygens (including phenoxy) is 2. The van der Waals surface area contributed by atoms with Crippen molar-refractivity contribution in [3.05, 3.63) is 71.8 Å². The predicted octanol–water partition coefficient (Wildman–Crippen LogP) is 3.72. The fraction of sp³-hybridized carbons (Fsp3) is 0.400. The van der Waals surface area contributed by atoms with E-state index in [1.807, 2.05) is 26.0 Å². The highest BCUT2D eigenvalue weighted by Crippen LogP contribution is 2.36. The van der Waals surface area contributed by atoms with Crippen LogP contribution >= 0.6 is 0 Å². The van der Waals surface area contributed by atoms with E-state index >= 15 is 0 Å². The van der Waals surface area contributed by atoms with Crippen molar-refractivity contribution in [3.8, 4) is 0 Å². The highest BCUT2D eigenvalue weighted by Gasteiger charge is 2.36. The highest BCUT2D eigenvalue weighted by molar-refractivity contribution is 5.40. The zero-order valence-corrected chi connectivity index (χ0v) is 14.1. The minimum absolute atomic E-state index is 0.269. The van der Waals surface area contributed by atoms with Gasteiger partial charge < -0.3 is 15.2 Å². The second-order valence-electron chi connectivity index (χ2n) is 5.56. The Bertz CT molecular complexity index is 511. The van der Waals surface area contributed by atoms with Crippen LogP contribution in [0.3, 0.4) is 0 Å². The lowest BCUT2D eigenvalue weighted by atomic mass is 9.72. The van der Waals surface area contributed by atoms with Gasteiger partial charge in [0.05, 0.1) is 0 Å². The average molecular weight is 313 g/mol. The molecule has 2 rings (SSSR count). The quantitative estimate of drug-likeness (QED) is 0.718. The molecule has 0 amide bonds. The summed E-state index contributed by atoms with van der Waals surface area (Å²) in [7, 11) is 0. The Kier molecular flexibility index (Phi) is 6.78. The first-order valence-electron chi connectivity index (χ1n) is 8.31. The van der Waals surface area contributed by atoms with Gasteiger partial charge in [-0.25, -0.2) is 0 Å². The van der Waals surface area contributed by atoms with Gasteiger partial charge in [-0.05, 0) is 25.0 Å². The van der Waals surface area contributed by atoms with Crippen LogP contribution < -0.4 is 5.73 Å². The zero-order valence-electron chi connectivity index (χ0n) is 14.1. The third-order valence-corrected chi connectivity index (χ3v) is 4.22. The van der Waals surface area contributed by atoms with E-state index in [-0.39, 0.29) is 11.7 Å². The Morgan fingerprint density at radius 2 is 1.26 bits per heavy atom. The summed E-state index contributed by atoms with van der Waals surface area (Å²) >= 11 is 0. The maximum Gasteiger partial charge on any atom is 0.158 e. The van der Waals surface area contributed by atoms with E-state index in [0.29, 0.717) is 26.2 Å². The molecule has 3 nitrogen and oxygen atoms in total. The summed E-state index contributed by atoms with van der Waals surface area (Å²) in [5.74, 6) is 0. The molecule has 0 aliphatic carbocycles. The van der Waals surface area contributed by atoms with Crippen LogP contribution in [0.4, 0.5) is 0 Å². The molecular formula is C20H27NO2. The maximum atomic E-state index is 6.30. The second kappa shape index (κ2) is 8.82. The van der Waals surface area contributed by atoms with Crippen molar-refractivity contribution in [1.29, 1.82) is 0 Å². The third kappa shape index (κ3) is 4.20. The van der Waals surface area contributed by atoms with Gasteiger partial charge >= 0.3 is 0 Å². The lowest BCUT2D eigenvalue weighted by Crippen LogP contribution is -2.41. The molecule has 0 aliphatic rings. The Morgan fingerprint density at radius 3 is 1.61 bits per heavy atom. The molecule has 0 bridgehead atoms. The van der Waals surface area contributed by atoms with Crippen molar-refractivity contribution >= 4 is 0 Å². The van der Waals surface area contributed by atoms with Crippen LogP contribution in [0.25, 0.3) is 0 Å².